The maximum absolute atomic E-state index is 14.2. The monoisotopic (exact) mass is 608 g/mol. The van der Waals surface area contributed by atoms with E-state index in [0.717, 1.165) is 22.2 Å². The molecule has 0 spiro atoms. The summed E-state index contributed by atoms with van der Waals surface area (Å²) in [5, 5.41) is 3.80. The molecule has 0 aliphatic carbocycles. The van der Waals surface area contributed by atoms with Gasteiger partial charge in [0.25, 0.3) is 11.5 Å². The van der Waals surface area contributed by atoms with Crippen molar-refractivity contribution in [2.24, 2.45) is 4.99 Å². The van der Waals surface area contributed by atoms with Gasteiger partial charge in [-0.3, -0.25) is 19.0 Å². The Labute approximate surface area is 256 Å². The molecular formula is C34H29FN4O4S. The van der Waals surface area contributed by atoms with Crippen LogP contribution in [0, 0.1) is 12.7 Å². The second kappa shape index (κ2) is 11.9. The van der Waals surface area contributed by atoms with E-state index < -0.39 is 17.8 Å². The Kier molecular flexibility index (Phi) is 7.84. The number of ether oxygens (including phenoxy) is 1. The summed E-state index contributed by atoms with van der Waals surface area (Å²) in [6, 6.07) is 21.7. The van der Waals surface area contributed by atoms with E-state index in [1.54, 1.807) is 38.1 Å². The van der Waals surface area contributed by atoms with Crippen molar-refractivity contribution < 1.29 is 18.7 Å². The molecule has 0 saturated heterocycles. The van der Waals surface area contributed by atoms with Crippen LogP contribution in [0.25, 0.3) is 17.0 Å². The third-order valence-corrected chi connectivity index (χ3v) is 8.61. The van der Waals surface area contributed by atoms with Crippen LogP contribution in [-0.4, -0.2) is 27.6 Å². The van der Waals surface area contributed by atoms with Gasteiger partial charge in [-0.25, -0.2) is 9.38 Å². The molecule has 6 rings (SSSR count). The predicted molar refractivity (Wildman–Crippen MR) is 169 cm³/mol. The van der Waals surface area contributed by atoms with Gasteiger partial charge in [-0.15, -0.1) is 0 Å². The van der Waals surface area contributed by atoms with Gasteiger partial charge in [0.15, 0.2) is 4.80 Å². The largest absolute Gasteiger partial charge is 0.465 e. The Balaban J connectivity index is 1.52. The summed E-state index contributed by atoms with van der Waals surface area (Å²) < 4.78 is 23.0. The standard InChI is InChI=1S/C34H29FN4O4S/c1-4-43-29(40)19-38-21(3)26(25-12-8-9-13-27(25)38)18-28-33(42)39-31(22-14-16-23(35)17-15-22)30(20(2)36-34(39)44-28)32(41)37-24-10-6-5-7-11-24/h5-18,31H,4,19H2,1-3H3,(H,37,41)/b28-18-/t31-/m0/s1. The first-order chi connectivity index (χ1) is 21.3. The number of rotatable bonds is 7. The van der Waals surface area contributed by atoms with E-state index in [0.29, 0.717) is 31.9 Å². The topological polar surface area (TPSA) is 94.7 Å². The summed E-state index contributed by atoms with van der Waals surface area (Å²) in [5.41, 5.74) is 4.05. The third kappa shape index (κ3) is 5.28. The van der Waals surface area contributed by atoms with Gasteiger partial charge in [0.05, 0.1) is 28.5 Å². The number of thiazole rings is 1. The number of carbonyl (C=O) groups is 2. The van der Waals surface area contributed by atoms with Crippen molar-refractivity contribution in [2.75, 3.05) is 11.9 Å². The molecule has 0 unspecified atom stereocenters. The van der Waals surface area contributed by atoms with E-state index in [2.05, 4.69) is 5.32 Å². The number of benzene rings is 3. The highest BCUT2D eigenvalue weighted by Crippen LogP contribution is 2.31. The fraction of sp³-hybridized carbons (Fsp3) is 0.176. The first-order valence-electron chi connectivity index (χ1n) is 14.1. The van der Waals surface area contributed by atoms with Gasteiger partial charge >= 0.3 is 5.97 Å². The number of para-hydroxylation sites is 2. The number of esters is 1. The molecule has 0 radical (unpaired) electrons. The number of allylic oxidation sites excluding steroid dienone is 1. The first-order valence-corrected chi connectivity index (χ1v) is 15.0. The van der Waals surface area contributed by atoms with Crippen LogP contribution in [0.3, 0.4) is 0 Å². The van der Waals surface area contributed by atoms with E-state index in [9.17, 15) is 18.8 Å². The van der Waals surface area contributed by atoms with Gasteiger partial charge in [-0.05, 0) is 62.7 Å². The van der Waals surface area contributed by atoms with E-state index >= 15 is 0 Å². The SMILES string of the molecule is CCOC(=O)Cn1c(C)c(/C=c2\sc3n(c2=O)[C@@H](c2ccc(F)cc2)C(C(=O)Nc2ccccc2)=C(C)N=3)c2ccccc21. The fourth-order valence-corrected chi connectivity index (χ4v) is 6.63. The van der Waals surface area contributed by atoms with Gasteiger partial charge in [0, 0.05) is 27.8 Å². The van der Waals surface area contributed by atoms with Crippen molar-refractivity contribution in [1.29, 1.82) is 0 Å². The van der Waals surface area contributed by atoms with E-state index in [-0.39, 0.29) is 24.7 Å². The number of anilines is 1. The molecule has 10 heteroatoms. The molecule has 0 saturated carbocycles. The zero-order chi connectivity index (χ0) is 31.0. The molecule has 222 valence electrons. The molecule has 3 aromatic carbocycles. The molecule has 0 bridgehead atoms. The van der Waals surface area contributed by atoms with Crippen LogP contribution in [0.2, 0.25) is 0 Å². The smallest absolute Gasteiger partial charge is 0.325 e. The molecular weight excluding hydrogens is 579 g/mol. The van der Waals surface area contributed by atoms with E-state index in [1.165, 1.54) is 28.0 Å². The molecule has 2 aromatic heterocycles. The molecule has 3 heterocycles. The number of carbonyl (C=O) groups excluding carboxylic acids is 2. The third-order valence-electron chi connectivity index (χ3n) is 7.63. The van der Waals surface area contributed by atoms with Gasteiger partial charge in [0.2, 0.25) is 0 Å². The lowest BCUT2D eigenvalue weighted by atomic mass is 9.95. The molecule has 1 aliphatic heterocycles. The fourth-order valence-electron chi connectivity index (χ4n) is 5.60. The quantitative estimate of drug-likeness (QED) is 0.268. The molecule has 1 aliphatic rings. The summed E-state index contributed by atoms with van der Waals surface area (Å²) in [6.07, 6.45) is 1.81. The van der Waals surface area contributed by atoms with Gasteiger partial charge < -0.3 is 14.6 Å². The Morgan fingerprint density at radius 3 is 2.45 bits per heavy atom. The number of aromatic nitrogens is 2. The lowest BCUT2D eigenvalue weighted by Gasteiger charge is -2.25. The van der Waals surface area contributed by atoms with Crippen molar-refractivity contribution >= 4 is 45.9 Å². The number of fused-ring (bicyclic) bond motifs is 2. The van der Waals surface area contributed by atoms with E-state index in [1.807, 2.05) is 60.0 Å². The Bertz CT molecular complexity index is 2130. The molecule has 5 aromatic rings. The van der Waals surface area contributed by atoms with Crippen molar-refractivity contribution in [3.05, 3.63) is 132 Å². The number of amides is 1. The average molecular weight is 609 g/mol. The highest BCUT2D eigenvalue weighted by atomic mass is 32.1. The average Bonchev–Trinajstić information content (AvgIpc) is 3.46. The van der Waals surface area contributed by atoms with Crippen LogP contribution in [-0.2, 0) is 20.9 Å². The normalized spacial score (nSPS) is 14.8. The minimum atomic E-state index is -0.830. The zero-order valence-electron chi connectivity index (χ0n) is 24.3. The van der Waals surface area contributed by atoms with Gasteiger partial charge in [0.1, 0.15) is 12.4 Å². The summed E-state index contributed by atoms with van der Waals surface area (Å²) in [6.45, 7) is 5.73. The summed E-state index contributed by atoms with van der Waals surface area (Å²) in [5.74, 6) is -1.18. The zero-order valence-corrected chi connectivity index (χ0v) is 25.2. The second-order valence-corrected chi connectivity index (χ2v) is 11.4. The minimum absolute atomic E-state index is 0.0406. The van der Waals surface area contributed by atoms with Crippen molar-refractivity contribution in [3.8, 4) is 0 Å². The second-order valence-electron chi connectivity index (χ2n) is 10.4. The summed E-state index contributed by atoms with van der Waals surface area (Å²) >= 11 is 1.22. The molecule has 0 fully saturated rings. The molecule has 1 N–H and O–H groups in total. The maximum atomic E-state index is 14.2. The Morgan fingerprint density at radius 2 is 1.73 bits per heavy atom. The Hall–Kier alpha value is -5.09. The molecule has 1 amide bonds. The van der Waals surface area contributed by atoms with Crippen LogP contribution in [0.5, 0.6) is 0 Å². The summed E-state index contributed by atoms with van der Waals surface area (Å²) in [4.78, 5) is 45.4. The van der Waals surface area contributed by atoms with Crippen LogP contribution in [0.4, 0.5) is 10.1 Å². The lowest BCUT2D eigenvalue weighted by Crippen LogP contribution is -2.40. The number of nitrogens with zero attached hydrogens (tertiary/aromatic N) is 3. The van der Waals surface area contributed by atoms with Crippen molar-refractivity contribution in [1.82, 2.24) is 9.13 Å². The number of hydrogen-bond donors (Lipinski definition) is 1. The van der Waals surface area contributed by atoms with Crippen molar-refractivity contribution in [3.63, 3.8) is 0 Å². The number of hydrogen-bond acceptors (Lipinski definition) is 6. The lowest BCUT2D eigenvalue weighted by molar-refractivity contribution is -0.143. The van der Waals surface area contributed by atoms with Crippen LogP contribution in [0.1, 0.15) is 36.7 Å². The summed E-state index contributed by atoms with van der Waals surface area (Å²) in [7, 11) is 0. The molecule has 1 atom stereocenters. The highest BCUT2D eigenvalue weighted by Gasteiger charge is 2.32. The van der Waals surface area contributed by atoms with Crippen LogP contribution < -0.4 is 20.2 Å². The Morgan fingerprint density at radius 1 is 1.02 bits per heavy atom. The maximum Gasteiger partial charge on any atom is 0.325 e. The van der Waals surface area contributed by atoms with Crippen LogP contribution >= 0.6 is 11.3 Å². The predicted octanol–water partition coefficient (Wildman–Crippen LogP) is 4.84. The van der Waals surface area contributed by atoms with Gasteiger partial charge in [-0.2, -0.15) is 0 Å². The molecule has 8 nitrogen and oxygen atoms in total. The van der Waals surface area contributed by atoms with E-state index in [4.69, 9.17) is 9.73 Å². The minimum Gasteiger partial charge on any atom is -0.465 e. The first kappa shape index (κ1) is 29.0. The number of nitrogens with one attached hydrogen (secondary N) is 1. The van der Waals surface area contributed by atoms with Gasteiger partial charge in [-0.1, -0.05) is 59.9 Å². The van der Waals surface area contributed by atoms with Crippen LogP contribution in [0.15, 0.2) is 99.9 Å². The number of halogens is 1. The molecule has 44 heavy (non-hydrogen) atoms. The van der Waals surface area contributed by atoms with Crippen molar-refractivity contribution in [2.45, 2.75) is 33.4 Å². The highest BCUT2D eigenvalue weighted by molar-refractivity contribution is 7.07.